The van der Waals surface area contributed by atoms with Crippen molar-refractivity contribution in [2.45, 2.75) is 122 Å². The highest BCUT2D eigenvalue weighted by molar-refractivity contribution is 5.70. The Morgan fingerprint density at radius 2 is 1.77 bits per heavy atom. The minimum Gasteiger partial charge on any atom is -0.457 e. The Bertz CT molecular complexity index is 1360. The van der Waals surface area contributed by atoms with Gasteiger partial charge in [0.2, 0.25) is 0 Å². The van der Waals surface area contributed by atoms with Crippen molar-refractivity contribution < 1.29 is 44.2 Å². The Hall–Kier alpha value is -3.29. The second kappa shape index (κ2) is 19.7. The van der Waals surface area contributed by atoms with Gasteiger partial charge in [0.1, 0.15) is 11.7 Å². The van der Waals surface area contributed by atoms with E-state index in [1.165, 1.54) is 0 Å². The molecule has 12 nitrogen and oxygen atoms in total. The number of carbonyl (C=O) groups is 2. The quantitative estimate of drug-likeness (QED) is 0.133. The van der Waals surface area contributed by atoms with Crippen LogP contribution in [0.5, 0.6) is 0 Å². The normalized spacial score (nSPS) is 28.9. The first-order chi connectivity index (χ1) is 24.5. The van der Waals surface area contributed by atoms with Gasteiger partial charge in [-0.1, -0.05) is 52.0 Å². The number of piperazine rings is 1. The van der Waals surface area contributed by atoms with E-state index in [0.717, 1.165) is 5.69 Å². The number of pyridine rings is 1. The first kappa shape index (κ1) is 43.1. The fourth-order valence-electron chi connectivity index (χ4n) is 6.79. The number of carbonyl (C=O) groups excluding carboxylic acids is 2. The highest BCUT2D eigenvalue weighted by Gasteiger charge is 2.39. The van der Waals surface area contributed by atoms with E-state index in [2.05, 4.69) is 9.88 Å². The van der Waals surface area contributed by atoms with Crippen LogP contribution >= 0.6 is 0 Å². The maximum atomic E-state index is 13.5. The molecule has 2 aliphatic rings. The molecule has 1 amide bonds. The lowest BCUT2D eigenvalue weighted by atomic mass is 9.81. The summed E-state index contributed by atoms with van der Waals surface area (Å²) >= 11 is 0. The molecule has 0 spiro atoms. The van der Waals surface area contributed by atoms with Crippen LogP contribution in [-0.4, -0.2) is 117 Å². The number of hydrogen-bond acceptors (Lipinski definition) is 11. The van der Waals surface area contributed by atoms with Crippen LogP contribution < -0.4 is 4.90 Å². The van der Waals surface area contributed by atoms with Gasteiger partial charge in [-0.05, 0) is 75.7 Å². The average molecular weight is 730 g/mol. The summed E-state index contributed by atoms with van der Waals surface area (Å²) in [6, 6.07) is 3.89. The number of amides is 1. The molecule has 3 rings (SSSR count). The summed E-state index contributed by atoms with van der Waals surface area (Å²) in [5.41, 5.74) is -0.591. The SMILES string of the molecule is CCC(O)C(C)C(C)C(O)CC(C)(O)C=CC=C(C)C1OC(=O)CC(O)CCC(C)(OC)C(OC(=O)N2CCN(c3ccncc3)CC2)C=CC1C. The number of anilines is 1. The first-order valence-electron chi connectivity index (χ1n) is 18.7. The van der Waals surface area contributed by atoms with Crippen molar-refractivity contribution in [3.05, 3.63) is 60.5 Å². The van der Waals surface area contributed by atoms with Crippen molar-refractivity contribution in [3.63, 3.8) is 0 Å². The van der Waals surface area contributed by atoms with Gasteiger partial charge in [-0.2, -0.15) is 0 Å². The molecule has 52 heavy (non-hydrogen) atoms. The zero-order chi connectivity index (χ0) is 38.6. The molecule has 0 aromatic carbocycles. The molecule has 4 N–H and O–H groups in total. The van der Waals surface area contributed by atoms with Crippen LogP contribution in [0.25, 0.3) is 0 Å². The molecule has 0 bridgehead atoms. The van der Waals surface area contributed by atoms with Gasteiger partial charge >= 0.3 is 12.1 Å². The van der Waals surface area contributed by atoms with Crippen LogP contribution in [0.3, 0.4) is 0 Å². The van der Waals surface area contributed by atoms with Crippen molar-refractivity contribution >= 4 is 17.7 Å². The topological polar surface area (TPSA) is 162 Å². The Morgan fingerprint density at radius 3 is 2.38 bits per heavy atom. The van der Waals surface area contributed by atoms with Crippen molar-refractivity contribution in [1.82, 2.24) is 9.88 Å². The standard InChI is InChI=1S/C40H63N3O9/c1-9-33(45)29(4)30(5)34(46)26-39(6,49)17-10-11-27(2)37-28(3)12-13-35(40(7,50-8)18-14-32(44)25-36(47)52-37)51-38(48)43-23-21-42(22-24-43)31-15-19-41-20-16-31/h10-13,15-17,19-20,28-30,32-35,37,44-46,49H,9,14,18,21-26H2,1-8H3. The number of aliphatic hydroxyl groups excluding tert-OH is 3. The van der Waals surface area contributed by atoms with Crippen LogP contribution in [0, 0.1) is 17.8 Å². The molecule has 0 radical (unpaired) electrons. The lowest BCUT2D eigenvalue weighted by molar-refractivity contribution is -0.151. The Labute approximate surface area is 310 Å². The third kappa shape index (κ3) is 12.4. The minimum absolute atomic E-state index is 0.0760. The summed E-state index contributed by atoms with van der Waals surface area (Å²) < 4.78 is 18.0. The van der Waals surface area contributed by atoms with Crippen molar-refractivity contribution in [2.75, 3.05) is 38.2 Å². The predicted octanol–water partition coefficient (Wildman–Crippen LogP) is 4.81. The largest absolute Gasteiger partial charge is 0.457 e. The van der Waals surface area contributed by atoms with Crippen LogP contribution in [0.2, 0.25) is 0 Å². The number of esters is 1. The zero-order valence-electron chi connectivity index (χ0n) is 32.4. The number of hydrogen-bond donors (Lipinski definition) is 4. The third-order valence-electron chi connectivity index (χ3n) is 10.9. The van der Waals surface area contributed by atoms with Crippen molar-refractivity contribution in [2.24, 2.45) is 17.8 Å². The van der Waals surface area contributed by atoms with Crippen LogP contribution in [0.1, 0.15) is 80.6 Å². The summed E-state index contributed by atoms with van der Waals surface area (Å²) in [6.07, 6.45) is 8.79. The Morgan fingerprint density at radius 1 is 1.13 bits per heavy atom. The summed E-state index contributed by atoms with van der Waals surface area (Å²) in [6.45, 7) is 15.1. The van der Waals surface area contributed by atoms with E-state index < -0.39 is 53.8 Å². The van der Waals surface area contributed by atoms with Crippen LogP contribution in [-0.2, 0) is 19.0 Å². The first-order valence-corrected chi connectivity index (χ1v) is 18.7. The number of aromatic nitrogens is 1. The summed E-state index contributed by atoms with van der Waals surface area (Å²) in [5.74, 6) is -1.28. The molecule has 1 aromatic rings. The van der Waals surface area contributed by atoms with Gasteiger partial charge in [0.05, 0.1) is 30.3 Å². The molecule has 1 fully saturated rings. The number of nitrogens with zero attached hydrogens (tertiary/aromatic N) is 3. The summed E-state index contributed by atoms with van der Waals surface area (Å²) in [7, 11) is 1.55. The highest BCUT2D eigenvalue weighted by atomic mass is 16.6. The third-order valence-corrected chi connectivity index (χ3v) is 10.9. The number of allylic oxidation sites excluding steroid dienone is 2. The molecular formula is C40H63N3O9. The molecule has 292 valence electrons. The number of rotatable bonds is 12. The van der Waals surface area contributed by atoms with E-state index in [1.54, 1.807) is 55.6 Å². The van der Waals surface area contributed by atoms with Gasteiger partial charge in [0.15, 0.2) is 6.10 Å². The molecule has 10 atom stereocenters. The zero-order valence-corrected chi connectivity index (χ0v) is 32.4. The van der Waals surface area contributed by atoms with E-state index in [9.17, 15) is 30.0 Å². The molecule has 2 aliphatic heterocycles. The number of ether oxygens (including phenoxy) is 3. The molecule has 12 heteroatoms. The average Bonchev–Trinajstić information content (AvgIpc) is 3.12. The maximum Gasteiger partial charge on any atom is 0.410 e. The van der Waals surface area contributed by atoms with Gasteiger partial charge in [0, 0.05) is 63.7 Å². The second-order valence-electron chi connectivity index (χ2n) is 15.1. The number of cyclic esters (lactones) is 1. The molecule has 3 heterocycles. The van der Waals surface area contributed by atoms with Gasteiger partial charge in [-0.25, -0.2) is 4.79 Å². The molecule has 1 aromatic heterocycles. The Kier molecular flexibility index (Phi) is 16.3. The predicted molar refractivity (Wildman–Crippen MR) is 201 cm³/mol. The number of aliphatic hydroxyl groups is 4. The molecular weight excluding hydrogens is 666 g/mol. The van der Waals surface area contributed by atoms with Gasteiger partial charge in [-0.15, -0.1) is 0 Å². The van der Waals surface area contributed by atoms with Crippen LogP contribution in [0.4, 0.5) is 10.5 Å². The van der Waals surface area contributed by atoms with E-state index in [4.69, 9.17) is 14.2 Å². The molecule has 0 saturated carbocycles. The number of methoxy groups -OCH3 is 1. The lowest BCUT2D eigenvalue weighted by Gasteiger charge is -2.39. The van der Waals surface area contributed by atoms with E-state index in [0.29, 0.717) is 44.6 Å². The second-order valence-corrected chi connectivity index (χ2v) is 15.1. The Balaban J connectivity index is 1.78. The smallest absolute Gasteiger partial charge is 0.410 e. The summed E-state index contributed by atoms with van der Waals surface area (Å²) in [4.78, 5) is 34.5. The van der Waals surface area contributed by atoms with Crippen molar-refractivity contribution in [3.8, 4) is 0 Å². The molecule has 10 unspecified atom stereocenters. The van der Waals surface area contributed by atoms with Gasteiger partial charge < -0.3 is 44.4 Å². The van der Waals surface area contributed by atoms with Crippen LogP contribution in [0.15, 0.2) is 60.5 Å². The molecule has 0 aliphatic carbocycles. The maximum absolute atomic E-state index is 13.5. The summed E-state index contributed by atoms with van der Waals surface area (Å²) in [5, 5.41) is 42.9. The molecule has 1 saturated heterocycles. The van der Waals surface area contributed by atoms with E-state index >= 15 is 0 Å². The van der Waals surface area contributed by atoms with Gasteiger partial charge in [0.25, 0.3) is 0 Å². The fraction of sp³-hybridized carbons (Fsp3) is 0.675. The van der Waals surface area contributed by atoms with Crippen molar-refractivity contribution in [1.29, 1.82) is 0 Å². The van der Waals surface area contributed by atoms with Gasteiger partial charge in [-0.3, -0.25) is 9.78 Å². The fourth-order valence-corrected chi connectivity index (χ4v) is 6.79. The monoisotopic (exact) mass is 729 g/mol. The minimum atomic E-state index is -1.34. The van der Waals surface area contributed by atoms with E-state index in [-0.39, 0.29) is 37.0 Å². The van der Waals surface area contributed by atoms with E-state index in [1.807, 2.05) is 59.8 Å². The lowest BCUT2D eigenvalue weighted by Crippen LogP contribution is -2.51. The highest BCUT2D eigenvalue weighted by Crippen LogP contribution is 2.31.